The van der Waals surface area contributed by atoms with Gasteiger partial charge in [0.15, 0.2) is 5.06 Å². The predicted molar refractivity (Wildman–Crippen MR) is 51.1 cm³/mol. The van der Waals surface area contributed by atoms with Crippen molar-refractivity contribution >= 4 is 17.3 Å². The molecule has 3 nitrogen and oxygen atoms in total. The molecule has 0 aromatic carbocycles. The maximum atomic E-state index is 12.8. The van der Waals surface area contributed by atoms with E-state index < -0.39 is 24.7 Å². The average molecular weight is 218 g/mol. The molecule has 0 amide bonds. The van der Waals surface area contributed by atoms with Crippen LogP contribution in [0.5, 0.6) is 5.06 Å². The summed E-state index contributed by atoms with van der Waals surface area (Å²) in [5.74, 6) is -1.83. The first-order chi connectivity index (χ1) is 6.65. The zero-order chi connectivity index (χ0) is 10.6. The summed E-state index contributed by atoms with van der Waals surface area (Å²) in [6.45, 7) is 0.679. The van der Waals surface area contributed by atoms with Crippen molar-refractivity contribution in [2.24, 2.45) is 5.92 Å². The lowest BCUT2D eigenvalue weighted by molar-refractivity contribution is -0.142. The monoisotopic (exact) mass is 218 g/mol. The molecule has 1 aromatic heterocycles. The summed E-state index contributed by atoms with van der Waals surface area (Å²) in [5.41, 5.74) is 0. The highest BCUT2D eigenvalue weighted by Crippen LogP contribution is 2.20. The molecular formula is C9H11FO3S. The second-order valence-electron chi connectivity index (χ2n) is 2.82. The first-order valence-electron chi connectivity index (χ1n) is 4.15. The van der Waals surface area contributed by atoms with Gasteiger partial charge in [-0.3, -0.25) is 4.79 Å². The third-order valence-corrected chi connectivity index (χ3v) is 2.50. The molecule has 1 N–H and O–H groups in total. The Hall–Kier alpha value is -0.940. The van der Waals surface area contributed by atoms with Gasteiger partial charge >= 0.3 is 5.97 Å². The molecular weight excluding hydrogens is 207 g/mol. The zero-order valence-electron chi connectivity index (χ0n) is 7.64. The topological polar surface area (TPSA) is 46.5 Å². The lowest BCUT2D eigenvalue weighted by Crippen LogP contribution is -2.30. The summed E-state index contributed by atoms with van der Waals surface area (Å²) in [6, 6.07) is 3.33. The second kappa shape index (κ2) is 5.07. The number of hydrogen-bond donors (Lipinski definition) is 1. The fraction of sp³-hybridized carbons (Fsp3) is 0.444. The van der Waals surface area contributed by atoms with Crippen LogP contribution in [0.4, 0.5) is 4.39 Å². The minimum Gasteiger partial charge on any atom is -0.415 e. The van der Waals surface area contributed by atoms with Crippen LogP contribution in [0.1, 0.15) is 6.92 Å². The highest BCUT2D eigenvalue weighted by molar-refractivity contribution is 7.11. The van der Waals surface area contributed by atoms with Crippen molar-refractivity contribution in [2.45, 2.75) is 13.1 Å². The Balaban J connectivity index is 2.56. The summed E-state index contributed by atoms with van der Waals surface area (Å²) >= 11 is 1.24. The van der Waals surface area contributed by atoms with E-state index in [1.165, 1.54) is 18.3 Å². The third-order valence-electron chi connectivity index (χ3n) is 1.75. The highest BCUT2D eigenvalue weighted by atomic mass is 32.1. The number of aliphatic hydroxyl groups excluding tert-OH is 1. The number of rotatable bonds is 4. The molecule has 0 saturated heterocycles. The van der Waals surface area contributed by atoms with E-state index in [2.05, 4.69) is 0 Å². The number of hydrogen-bond acceptors (Lipinski definition) is 4. The van der Waals surface area contributed by atoms with Crippen LogP contribution in [0.3, 0.4) is 0 Å². The molecule has 2 atom stereocenters. The van der Waals surface area contributed by atoms with Crippen molar-refractivity contribution in [3.63, 3.8) is 0 Å². The Morgan fingerprint density at radius 3 is 2.93 bits per heavy atom. The third kappa shape index (κ3) is 2.78. The van der Waals surface area contributed by atoms with Gasteiger partial charge in [-0.1, -0.05) is 0 Å². The molecule has 1 rings (SSSR count). The average Bonchev–Trinajstić information content (AvgIpc) is 2.57. The molecule has 5 heteroatoms. The SMILES string of the molecule is CC(F)[C@H](CO)C(=O)Oc1cccs1. The number of halogens is 1. The van der Waals surface area contributed by atoms with Crippen molar-refractivity contribution < 1.29 is 19.0 Å². The van der Waals surface area contributed by atoms with Crippen molar-refractivity contribution in [3.05, 3.63) is 17.5 Å². The predicted octanol–water partition coefficient (Wildman–Crippen LogP) is 1.62. The summed E-state index contributed by atoms with van der Waals surface area (Å²) in [4.78, 5) is 11.3. The van der Waals surface area contributed by atoms with Gasteiger partial charge in [-0.05, 0) is 24.4 Å². The Labute approximate surface area is 85.1 Å². The van der Waals surface area contributed by atoms with Gasteiger partial charge in [0.1, 0.15) is 12.1 Å². The first kappa shape index (κ1) is 11.1. The molecule has 78 valence electrons. The summed E-state index contributed by atoms with van der Waals surface area (Å²) < 4.78 is 17.6. The van der Waals surface area contributed by atoms with Gasteiger partial charge in [0, 0.05) is 0 Å². The van der Waals surface area contributed by atoms with Gasteiger partial charge in [0.25, 0.3) is 0 Å². The Morgan fingerprint density at radius 1 is 1.79 bits per heavy atom. The molecule has 14 heavy (non-hydrogen) atoms. The standard InChI is InChI=1S/C9H11FO3S/c1-6(10)7(5-11)9(12)13-8-3-2-4-14-8/h2-4,6-7,11H,5H2,1H3/t6?,7-/m0/s1. The molecule has 0 spiro atoms. The van der Waals surface area contributed by atoms with Crippen LogP contribution in [0.15, 0.2) is 17.5 Å². The number of alkyl halides is 1. The van der Waals surface area contributed by atoms with E-state index in [-0.39, 0.29) is 0 Å². The van der Waals surface area contributed by atoms with Crippen LogP contribution in [-0.2, 0) is 4.79 Å². The maximum absolute atomic E-state index is 12.8. The lowest BCUT2D eigenvalue weighted by Gasteiger charge is -2.12. The van der Waals surface area contributed by atoms with Crippen LogP contribution < -0.4 is 4.74 Å². The van der Waals surface area contributed by atoms with E-state index in [0.717, 1.165) is 0 Å². The smallest absolute Gasteiger partial charge is 0.320 e. The van der Waals surface area contributed by atoms with Gasteiger partial charge in [-0.2, -0.15) is 0 Å². The highest BCUT2D eigenvalue weighted by Gasteiger charge is 2.26. The number of ether oxygens (including phenoxy) is 1. The molecule has 0 aliphatic carbocycles. The van der Waals surface area contributed by atoms with Gasteiger partial charge in [0.05, 0.1) is 6.61 Å². The lowest BCUT2D eigenvalue weighted by atomic mass is 10.1. The summed E-state index contributed by atoms with van der Waals surface area (Å²) in [7, 11) is 0. The molecule has 0 aliphatic heterocycles. The largest absolute Gasteiger partial charge is 0.415 e. The fourth-order valence-electron chi connectivity index (χ4n) is 0.904. The summed E-state index contributed by atoms with van der Waals surface area (Å²) in [6.07, 6.45) is -1.41. The number of carbonyl (C=O) groups is 1. The molecule has 1 unspecified atom stereocenters. The van der Waals surface area contributed by atoms with Crippen molar-refractivity contribution in [3.8, 4) is 5.06 Å². The van der Waals surface area contributed by atoms with Crippen LogP contribution >= 0.6 is 11.3 Å². The van der Waals surface area contributed by atoms with Crippen LogP contribution in [0.25, 0.3) is 0 Å². The first-order valence-corrected chi connectivity index (χ1v) is 5.03. The number of aliphatic hydroxyl groups is 1. The van der Waals surface area contributed by atoms with Gasteiger partial charge in [-0.25, -0.2) is 4.39 Å². The van der Waals surface area contributed by atoms with E-state index >= 15 is 0 Å². The van der Waals surface area contributed by atoms with Gasteiger partial charge < -0.3 is 9.84 Å². The van der Waals surface area contributed by atoms with Crippen molar-refractivity contribution in [1.29, 1.82) is 0 Å². The quantitative estimate of drug-likeness (QED) is 0.781. The molecule has 0 fully saturated rings. The molecule has 0 aliphatic rings. The van der Waals surface area contributed by atoms with E-state index in [1.54, 1.807) is 17.5 Å². The van der Waals surface area contributed by atoms with Gasteiger partial charge in [-0.15, -0.1) is 11.3 Å². The van der Waals surface area contributed by atoms with E-state index in [4.69, 9.17) is 9.84 Å². The zero-order valence-corrected chi connectivity index (χ0v) is 8.46. The van der Waals surface area contributed by atoms with E-state index in [1.807, 2.05) is 0 Å². The molecule has 0 bridgehead atoms. The summed E-state index contributed by atoms with van der Waals surface area (Å²) in [5, 5.41) is 10.9. The van der Waals surface area contributed by atoms with E-state index in [0.29, 0.717) is 5.06 Å². The normalized spacial score (nSPS) is 14.8. The van der Waals surface area contributed by atoms with Crippen LogP contribution in [-0.4, -0.2) is 23.9 Å². The second-order valence-corrected chi connectivity index (χ2v) is 3.73. The molecule has 0 radical (unpaired) electrons. The maximum Gasteiger partial charge on any atom is 0.320 e. The number of esters is 1. The Bertz CT molecular complexity index is 284. The van der Waals surface area contributed by atoms with Crippen LogP contribution in [0, 0.1) is 5.92 Å². The fourth-order valence-corrected chi connectivity index (χ4v) is 1.48. The Kier molecular flexibility index (Phi) is 4.03. The van der Waals surface area contributed by atoms with E-state index in [9.17, 15) is 9.18 Å². The van der Waals surface area contributed by atoms with Crippen LogP contribution in [0.2, 0.25) is 0 Å². The molecule has 1 aromatic rings. The molecule has 1 heterocycles. The Morgan fingerprint density at radius 2 is 2.50 bits per heavy atom. The minimum atomic E-state index is -1.41. The minimum absolute atomic E-state index is 0.411. The van der Waals surface area contributed by atoms with Gasteiger partial charge in [0.2, 0.25) is 0 Å². The van der Waals surface area contributed by atoms with Crippen molar-refractivity contribution in [2.75, 3.05) is 6.61 Å². The number of carbonyl (C=O) groups excluding carboxylic acids is 1. The molecule has 0 saturated carbocycles. The van der Waals surface area contributed by atoms with Crippen molar-refractivity contribution in [1.82, 2.24) is 0 Å². The number of thiophene rings is 1.